The Balaban J connectivity index is 1.61. The highest BCUT2D eigenvalue weighted by atomic mass is 16.3. The van der Waals surface area contributed by atoms with E-state index in [1.807, 2.05) is 6.07 Å². The Morgan fingerprint density at radius 1 is 1.24 bits per heavy atom. The van der Waals surface area contributed by atoms with Gasteiger partial charge in [-0.1, -0.05) is 12.1 Å². The van der Waals surface area contributed by atoms with Crippen molar-refractivity contribution in [2.45, 2.75) is 38.1 Å². The Hall–Kier alpha value is -1.55. The number of hydrogen-bond acceptors (Lipinski definition) is 3. The van der Waals surface area contributed by atoms with Crippen LogP contribution in [0, 0.1) is 5.92 Å². The highest BCUT2D eigenvalue weighted by Gasteiger charge is 2.34. The van der Waals surface area contributed by atoms with Gasteiger partial charge in [-0.3, -0.25) is 4.79 Å². The van der Waals surface area contributed by atoms with E-state index in [9.17, 15) is 9.90 Å². The van der Waals surface area contributed by atoms with Crippen molar-refractivity contribution in [2.24, 2.45) is 5.92 Å². The normalized spacial score (nSPS) is 19.4. The van der Waals surface area contributed by atoms with Crippen LogP contribution in [0.25, 0.3) is 0 Å². The third-order valence-corrected chi connectivity index (χ3v) is 4.49. The smallest absolute Gasteiger partial charge is 0.227 e. The van der Waals surface area contributed by atoms with E-state index < -0.39 is 0 Å². The maximum Gasteiger partial charge on any atom is 0.227 e. The van der Waals surface area contributed by atoms with Gasteiger partial charge in [-0.05, 0) is 62.4 Å². The predicted octanol–water partition coefficient (Wildman–Crippen LogP) is 1.93. The minimum atomic E-state index is 0.210. The number of nitrogens with zero attached hydrogens (tertiary/aromatic N) is 1. The molecular formula is C17H24N2O2. The second-order valence-electron chi connectivity index (χ2n) is 6.32. The molecule has 1 aromatic carbocycles. The van der Waals surface area contributed by atoms with E-state index in [0.717, 1.165) is 38.0 Å². The van der Waals surface area contributed by atoms with Crippen molar-refractivity contribution in [3.05, 3.63) is 29.8 Å². The Morgan fingerprint density at radius 2 is 2.00 bits per heavy atom. The summed E-state index contributed by atoms with van der Waals surface area (Å²) in [5, 5.41) is 12.9. The van der Waals surface area contributed by atoms with Crippen LogP contribution in [0.15, 0.2) is 24.3 Å². The zero-order chi connectivity index (χ0) is 14.7. The van der Waals surface area contributed by atoms with E-state index in [1.54, 1.807) is 18.2 Å². The number of carbonyl (C=O) groups is 1. The third-order valence-electron chi connectivity index (χ3n) is 4.49. The maximum absolute atomic E-state index is 12.6. The molecule has 4 heteroatoms. The molecule has 0 spiro atoms. The van der Waals surface area contributed by atoms with Gasteiger partial charge in [0.15, 0.2) is 0 Å². The number of piperidine rings is 1. The first-order valence-electron chi connectivity index (χ1n) is 8.00. The summed E-state index contributed by atoms with van der Waals surface area (Å²) in [5.74, 6) is 1.08. The van der Waals surface area contributed by atoms with E-state index >= 15 is 0 Å². The molecular weight excluding hydrogens is 264 g/mol. The Morgan fingerprint density at radius 3 is 2.67 bits per heavy atom. The van der Waals surface area contributed by atoms with E-state index in [-0.39, 0.29) is 11.7 Å². The summed E-state index contributed by atoms with van der Waals surface area (Å²) < 4.78 is 0. The van der Waals surface area contributed by atoms with Crippen LogP contribution in [-0.2, 0) is 11.2 Å². The number of rotatable bonds is 5. The van der Waals surface area contributed by atoms with Crippen LogP contribution in [0.5, 0.6) is 5.75 Å². The molecule has 21 heavy (non-hydrogen) atoms. The SMILES string of the molecule is O=C(Cc1cccc(O)c1)N(CC1CCNCC1)C1CC1. The van der Waals surface area contributed by atoms with Crippen molar-refractivity contribution in [1.29, 1.82) is 0 Å². The fourth-order valence-electron chi connectivity index (χ4n) is 3.13. The molecule has 0 bridgehead atoms. The van der Waals surface area contributed by atoms with Crippen LogP contribution < -0.4 is 5.32 Å². The minimum absolute atomic E-state index is 0.210. The number of aromatic hydroxyl groups is 1. The van der Waals surface area contributed by atoms with Gasteiger partial charge in [-0.15, -0.1) is 0 Å². The highest BCUT2D eigenvalue weighted by molar-refractivity contribution is 5.79. The molecule has 1 saturated carbocycles. The molecule has 2 fully saturated rings. The summed E-state index contributed by atoms with van der Waals surface area (Å²) in [6.07, 6.45) is 5.04. The summed E-state index contributed by atoms with van der Waals surface area (Å²) in [6, 6.07) is 7.50. The number of hydrogen-bond donors (Lipinski definition) is 2. The quantitative estimate of drug-likeness (QED) is 0.870. The number of nitrogens with one attached hydrogen (secondary N) is 1. The summed E-state index contributed by atoms with van der Waals surface area (Å²) in [6.45, 7) is 3.05. The number of phenols is 1. The van der Waals surface area contributed by atoms with Crippen LogP contribution in [0.1, 0.15) is 31.2 Å². The molecule has 1 amide bonds. The first-order valence-corrected chi connectivity index (χ1v) is 8.00. The molecule has 114 valence electrons. The lowest BCUT2D eigenvalue weighted by atomic mass is 9.97. The molecule has 4 nitrogen and oxygen atoms in total. The summed E-state index contributed by atoms with van der Waals surface area (Å²) >= 11 is 0. The van der Waals surface area contributed by atoms with E-state index in [4.69, 9.17) is 0 Å². The lowest BCUT2D eigenvalue weighted by Gasteiger charge is -2.30. The number of amides is 1. The minimum Gasteiger partial charge on any atom is -0.508 e. The highest BCUT2D eigenvalue weighted by Crippen LogP contribution is 2.29. The second-order valence-corrected chi connectivity index (χ2v) is 6.32. The topological polar surface area (TPSA) is 52.6 Å². The molecule has 1 aliphatic heterocycles. The first kappa shape index (κ1) is 14.4. The average molecular weight is 288 g/mol. The van der Waals surface area contributed by atoms with Crippen LogP contribution in [0.3, 0.4) is 0 Å². The fraction of sp³-hybridized carbons (Fsp3) is 0.588. The van der Waals surface area contributed by atoms with Gasteiger partial charge in [0.2, 0.25) is 5.91 Å². The lowest BCUT2D eigenvalue weighted by Crippen LogP contribution is -2.41. The Kier molecular flexibility index (Phi) is 4.44. The monoisotopic (exact) mass is 288 g/mol. The zero-order valence-electron chi connectivity index (χ0n) is 12.4. The van der Waals surface area contributed by atoms with Crippen LogP contribution in [0.4, 0.5) is 0 Å². The summed E-state index contributed by atoms with van der Waals surface area (Å²) in [4.78, 5) is 14.7. The second kappa shape index (κ2) is 6.48. The van der Waals surface area contributed by atoms with E-state index in [0.29, 0.717) is 18.4 Å². The molecule has 3 rings (SSSR count). The standard InChI is InChI=1S/C17H24N2O2/c20-16-3-1-2-14(10-16)11-17(21)19(15-4-5-15)12-13-6-8-18-9-7-13/h1-3,10,13,15,18,20H,4-9,11-12H2. The van der Waals surface area contributed by atoms with Gasteiger partial charge >= 0.3 is 0 Å². The van der Waals surface area contributed by atoms with Crippen molar-refractivity contribution in [3.8, 4) is 5.75 Å². The van der Waals surface area contributed by atoms with Gasteiger partial charge in [0.1, 0.15) is 5.75 Å². The number of carbonyl (C=O) groups excluding carboxylic acids is 1. The predicted molar refractivity (Wildman–Crippen MR) is 82.1 cm³/mol. The van der Waals surface area contributed by atoms with Gasteiger partial charge in [-0.2, -0.15) is 0 Å². The molecule has 1 aliphatic carbocycles. The van der Waals surface area contributed by atoms with E-state index in [2.05, 4.69) is 10.2 Å². The van der Waals surface area contributed by atoms with Crippen LogP contribution >= 0.6 is 0 Å². The van der Waals surface area contributed by atoms with Crippen LogP contribution in [0.2, 0.25) is 0 Å². The molecule has 1 aromatic rings. The van der Waals surface area contributed by atoms with E-state index in [1.165, 1.54) is 12.8 Å². The largest absolute Gasteiger partial charge is 0.508 e. The van der Waals surface area contributed by atoms with Gasteiger partial charge in [0.25, 0.3) is 0 Å². The fourth-order valence-corrected chi connectivity index (χ4v) is 3.13. The lowest BCUT2D eigenvalue weighted by molar-refractivity contribution is -0.131. The third kappa shape index (κ3) is 3.97. The van der Waals surface area contributed by atoms with Crippen molar-refractivity contribution in [3.63, 3.8) is 0 Å². The summed E-state index contributed by atoms with van der Waals surface area (Å²) in [5.41, 5.74) is 0.899. The Bertz CT molecular complexity index is 493. The maximum atomic E-state index is 12.6. The molecule has 0 unspecified atom stereocenters. The van der Waals surface area contributed by atoms with Crippen molar-refractivity contribution >= 4 is 5.91 Å². The number of benzene rings is 1. The van der Waals surface area contributed by atoms with Gasteiger partial charge in [-0.25, -0.2) is 0 Å². The summed E-state index contributed by atoms with van der Waals surface area (Å²) in [7, 11) is 0. The zero-order valence-corrected chi connectivity index (χ0v) is 12.4. The molecule has 1 saturated heterocycles. The average Bonchev–Trinajstić information content (AvgIpc) is 3.30. The van der Waals surface area contributed by atoms with Crippen molar-refractivity contribution in [1.82, 2.24) is 10.2 Å². The van der Waals surface area contributed by atoms with Crippen LogP contribution in [-0.4, -0.2) is 41.6 Å². The molecule has 0 atom stereocenters. The van der Waals surface area contributed by atoms with Crippen molar-refractivity contribution in [2.75, 3.05) is 19.6 Å². The molecule has 1 heterocycles. The van der Waals surface area contributed by atoms with Gasteiger partial charge in [0, 0.05) is 12.6 Å². The molecule has 0 aromatic heterocycles. The first-order chi connectivity index (χ1) is 10.2. The molecule has 2 N–H and O–H groups in total. The Labute approximate surface area is 126 Å². The van der Waals surface area contributed by atoms with Gasteiger partial charge in [0.05, 0.1) is 6.42 Å². The van der Waals surface area contributed by atoms with Gasteiger partial charge < -0.3 is 15.3 Å². The number of phenolic OH excluding ortho intramolecular Hbond substituents is 1. The molecule has 0 radical (unpaired) electrons. The molecule has 2 aliphatic rings. The van der Waals surface area contributed by atoms with Crippen molar-refractivity contribution < 1.29 is 9.90 Å².